The number of hydrogen-bond acceptors (Lipinski definition) is 3. The second kappa shape index (κ2) is 7.24. The van der Waals surface area contributed by atoms with Crippen LogP contribution in [0.15, 0.2) is 0 Å². The first kappa shape index (κ1) is 14.8. The van der Waals surface area contributed by atoms with Gasteiger partial charge in [-0.2, -0.15) is 0 Å². The minimum atomic E-state index is 0.878. The van der Waals surface area contributed by atoms with Gasteiger partial charge in [0.25, 0.3) is 0 Å². The molecular formula is C17H33N3. The standard InChI is InChI=1S/C17H33N3/c1-18-9-7-17(8-10-18)20-13-11-19(12-14-20)15-16-5-3-2-4-6-16/h16-17H,2-15H2,1H3. The molecule has 1 aliphatic carbocycles. The topological polar surface area (TPSA) is 9.72 Å². The van der Waals surface area contributed by atoms with Crippen LogP contribution in [-0.2, 0) is 0 Å². The lowest BCUT2D eigenvalue weighted by Crippen LogP contribution is -2.53. The maximum Gasteiger partial charge on any atom is 0.0121 e. The molecule has 3 nitrogen and oxygen atoms in total. The summed E-state index contributed by atoms with van der Waals surface area (Å²) in [6, 6.07) is 0.878. The van der Waals surface area contributed by atoms with E-state index in [1.165, 1.54) is 90.8 Å². The van der Waals surface area contributed by atoms with Crippen molar-refractivity contribution in [1.82, 2.24) is 14.7 Å². The van der Waals surface area contributed by atoms with E-state index in [1.807, 2.05) is 0 Å². The van der Waals surface area contributed by atoms with E-state index in [2.05, 4.69) is 21.7 Å². The Balaban J connectivity index is 1.38. The Morgan fingerprint density at radius 1 is 0.750 bits per heavy atom. The predicted molar refractivity (Wildman–Crippen MR) is 85.1 cm³/mol. The number of hydrogen-bond donors (Lipinski definition) is 0. The Bertz CT molecular complexity index is 272. The zero-order valence-corrected chi connectivity index (χ0v) is 13.4. The summed E-state index contributed by atoms with van der Waals surface area (Å²) in [6.45, 7) is 9.27. The molecule has 3 aliphatic rings. The first-order chi connectivity index (χ1) is 9.81. The summed E-state index contributed by atoms with van der Waals surface area (Å²) in [4.78, 5) is 8.02. The molecular weight excluding hydrogens is 246 g/mol. The van der Waals surface area contributed by atoms with E-state index in [-0.39, 0.29) is 0 Å². The Labute approximate surface area is 125 Å². The molecule has 3 heteroatoms. The minimum Gasteiger partial charge on any atom is -0.306 e. The maximum atomic E-state index is 2.78. The number of piperidine rings is 1. The van der Waals surface area contributed by atoms with Gasteiger partial charge in [0.2, 0.25) is 0 Å². The first-order valence-electron chi connectivity index (χ1n) is 8.96. The lowest BCUT2D eigenvalue weighted by molar-refractivity contribution is 0.0555. The average Bonchev–Trinajstić information content (AvgIpc) is 2.50. The van der Waals surface area contributed by atoms with Crippen LogP contribution in [0, 0.1) is 5.92 Å². The average molecular weight is 279 g/mol. The Hall–Kier alpha value is -0.120. The fourth-order valence-electron chi connectivity index (χ4n) is 4.41. The molecule has 3 fully saturated rings. The third-order valence-corrected chi connectivity index (χ3v) is 5.85. The summed E-state index contributed by atoms with van der Waals surface area (Å²) >= 11 is 0. The molecule has 3 rings (SSSR count). The third kappa shape index (κ3) is 3.96. The molecule has 2 saturated heterocycles. The van der Waals surface area contributed by atoms with Gasteiger partial charge in [0, 0.05) is 38.8 Å². The van der Waals surface area contributed by atoms with Gasteiger partial charge in [-0.25, -0.2) is 0 Å². The van der Waals surface area contributed by atoms with Crippen molar-refractivity contribution in [3.8, 4) is 0 Å². The lowest BCUT2D eigenvalue weighted by Gasteiger charge is -2.43. The molecule has 1 saturated carbocycles. The van der Waals surface area contributed by atoms with Gasteiger partial charge in [-0.05, 0) is 51.7 Å². The smallest absolute Gasteiger partial charge is 0.0121 e. The van der Waals surface area contributed by atoms with E-state index in [0.717, 1.165) is 12.0 Å². The molecule has 0 unspecified atom stereocenters. The molecule has 2 aliphatic heterocycles. The Morgan fingerprint density at radius 2 is 1.40 bits per heavy atom. The quantitative estimate of drug-likeness (QED) is 0.785. The van der Waals surface area contributed by atoms with E-state index in [1.54, 1.807) is 0 Å². The zero-order valence-electron chi connectivity index (χ0n) is 13.4. The van der Waals surface area contributed by atoms with Crippen molar-refractivity contribution in [2.45, 2.75) is 51.0 Å². The van der Waals surface area contributed by atoms with Crippen molar-refractivity contribution in [2.75, 3.05) is 52.9 Å². The van der Waals surface area contributed by atoms with E-state index >= 15 is 0 Å². The maximum absolute atomic E-state index is 2.78. The van der Waals surface area contributed by atoms with Gasteiger partial charge in [0.1, 0.15) is 0 Å². The molecule has 0 bridgehead atoms. The Kier molecular flexibility index (Phi) is 5.36. The van der Waals surface area contributed by atoms with Gasteiger partial charge in [-0.15, -0.1) is 0 Å². The second-order valence-electron chi connectivity index (χ2n) is 7.38. The van der Waals surface area contributed by atoms with Crippen molar-refractivity contribution in [2.24, 2.45) is 5.92 Å². The summed E-state index contributed by atoms with van der Waals surface area (Å²) in [7, 11) is 2.26. The van der Waals surface area contributed by atoms with Crippen LogP contribution < -0.4 is 0 Å². The molecule has 0 aromatic rings. The molecule has 116 valence electrons. The fraction of sp³-hybridized carbons (Fsp3) is 1.00. The number of piperazine rings is 1. The van der Waals surface area contributed by atoms with Crippen molar-refractivity contribution in [3.63, 3.8) is 0 Å². The lowest BCUT2D eigenvalue weighted by atomic mass is 9.89. The fourth-order valence-corrected chi connectivity index (χ4v) is 4.41. The normalized spacial score (nSPS) is 29.9. The molecule has 0 amide bonds. The summed E-state index contributed by atoms with van der Waals surface area (Å²) in [5.41, 5.74) is 0. The summed E-state index contributed by atoms with van der Waals surface area (Å²) in [5.74, 6) is 1.01. The van der Waals surface area contributed by atoms with Crippen LogP contribution >= 0.6 is 0 Å². The van der Waals surface area contributed by atoms with Crippen LogP contribution in [0.1, 0.15) is 44.9 Å². The van der Waals surface area contributed by atoms with E-state index in [4.69, 9.17) is 0 Å². The second-order valence-corrected chi connectivity index (χ2v) is 7.38. The van der Waals surface area contributed by atoms with Crippen molar-refractivity contribution in [1.29, 1.82) is 0 Å². The largest absolute Gasteiger partial charge is 0.306 e. The highest BCUT2D eigenvalue weighted by molar-refractivity contribution is 4.83. The van der Waals surface area contributed by atoms with Crippen molar-refractivity contribution in [3.05, 3.63) is 0 Å². The number of likely N-dealkylation sites (tertiary alicyclic amines) is 1. The minimum absolute atomic E-state index is 0.878. The molecule has 0 N–H and O–H groups in total. The molecule has 0 aromatic heterocycles. The van der Waals surface area contributed by atoms with E-state index in [9.17, 15) is 0 Å². The molecule has 2 heterocycles. The van der Waals surface area contributed by atoms with Crippen LogP contribution in [0.25, 0.3) is 0 Å². The Morgan fingerprint density at radius 3 is 2.05 bits per heavy atom. The molecule has 0 radical (unpaired) electrons. The first-order valence-corrected chi connectivity index (χ1v) is 8.96. The molecule has 20 heavy (non-hydrogen) atoms. The zero-order chi connectivity index (χ0) is 13.8. The summed E-state index contributed by atoms with van der Waals surface area (Å²) < 4.78 is 0. The summed E-state index contributed by atoms with van der Waals surface area (Å²) in [6.07, 6.45) is 10.2. The SMILES string of the molecule is CN1CCC(N2CCN(CC3CCCCC3)CC2)CC1. The van der Waals surface area contributed by atoms with Gasteiger partial charge < -0.3 is 9.80 Å². The van der Waals surface area contributed by atoms with Gasteiger partial charge in [-0.3, -0.25) is 4.90 Å². The highest BCUT2D eigenvalue weighted by Gasteiger charge is 2.27. The van der Waals surface area contributed by atoms with Gasteiger partial charge >= 0.3 is 0 Å². The summed E-state index contributed by atoms with van der Waals surface area (Å²) in [5, 5.41) is 0. The number of rotatable bonds is 3. The van der Waals surface area contributed by atoms with Crippen molar-refractivity contribution >= 4 is 0 Å². The monoisotopic (exact) mass is 279 g/mol. The van der Waals surface area contributed by atoms with Crippen LogP contribution in [-0.4, -0.2) is 73.6 Å². The highest BCUT2D eigenvalue weighted by Crippen LogP contribution is 2.25. The predicted octanol–water partition coefficient (Wildman–Crippen LogP) is 2.28. The third-order valence-electron chi connectivity index (χ3n) is 5.85. The van der Waals surface area contributed by atoms with Crippen molar-refractivity contribution < 1.29 is 0 Å². The number of nitrogens with zero attached hydrogens (tertiary/aromatic N) is 3. The molecule has 0 atom stereocenters. The van der Waals surface area contributed by atoms with E-state index in [0.29, 0.717) is 0 Å². The van der Waals surface area contributed by atoms with Gasteiger partial charge in [-0.1, -0.05) is 19.3 Å². The van der Waals surface area contributed by atoms with Gasteiger partial charge in [0.05, 0.1) is 0 Å². The van der Waals surface area contributed by atoms with E-state index < -0.39 is 0 Å². The van der Waals surface area contributed by atoms with Crippen LogP contribution in [0.2, 0.25) is 0 Å². The van der Waals surface area contributed by atoms with Crippen LogP contribution in [0.5, 0.6) is 0 Å². The van der Waals surface area contributed by atoms with Crippen LogP contribution in [0.3, 0.4) is 0 Å². The van der Waals surface area contributed by atoms with Crippen LogP contribution in [0.4, 0.5) is 0 Å². The molecule has 0 aromatic carbocycles. The van der Waals surface area contributed by atoms with Gasteiger partial charge in [0.15, 0.2) is 0 Å². The molecule has 0 spiro atoms. The highest BCUT2D eigenvalue weighted by atomic mass is 15.3.